The number of aromatic nitrogens is 2. The summed E-state index contributed by atoms with van der Waals surface area (Å²) in [5.41, 5.74) is 5.93. The normalized spacial score (nSPS) is 14.7. The Morgan fingerprint density at radius 2 is 1.63 bits per heavy atom. The van der Waals surface area contributed by atoms with Crippen molar-refractivity contribution in [1.29, 1.82) is 0 Å². The van der Waals surface area contributed by atoms with E-state index in [1.165, 1.54) is 29.5 Å². The number of nitrogens with zero attached hydrogens (tertiary/aromatic N) is 2. The molecule has 0 unspecified atom stereocenters. The third kappa shape index (κ3) is 2.50. The number of hydrogen-bond acceptors (Lipinski definition) is 2. The summed E-state index contributed by atoms with van der Waals surface area (Å²) in [5.74, 6) is 1.42. The molecular formula is C16H17ClN2. The lowest BCUT2D eigenvalue weighted by Crippen LogP contribution is -1.97. The molecular weight excluding hydrogens is 256 g/mol. The highest BCUT2D eigenvalue weighted by atomic mass is 35.5. The molecule has 0 bridgehead atoms. The first-order chi connectivity index (χ1) is 9.04. The van der Waals surface area contributed by atoms with Gasteiger partial charge in [-0.05, 0) is 56.4 Å². The Hall–Kier alpha value is -1.41. The van der Waals surface area contributed by atoms with Crippen LogP contribution in [0.15, 0.2) is 18.2 Å². The fourth-order valence-corrected chi connectivity index (χ4v) is 2.52. The van der Waals surface area contributed by atoms with Gasteiger partial charge in [0.25, 0.3) is 0 Å². The maximum Gasteiger partial charge on any atom is 0.133 e. The molecule has 0 N–H and O–H groups in total. The zero-order chi connectivity index (χ0) is 13.6. The van der Waals surface area contributed by atoms with Crippen molar-refractivity contribution < 1.29 is 0 Å². The summed E-state index contributed by atoms with van der Waals surface area (Å²) in [6.07, 6.45) is 2.37. The van der Waals surface area contributed by atoms with Gasteiger partial charge in [-0.25, -0.2) is 9.97 Å². The maximum atomic E-state index is 6.14. The molecule has 0 radical (unpaired) electrons. The number of rotatable bonds is 2. The van der Waals surface area contributed by atoms with Crippen LogP contribution in [0.3, 0.4) is 0 Å². The molecule has 3 heteroatoms. The highest BCUT2D eigenvalue weighted by Crippen LogP contribution is 2.39. The molecule has 1 saturated carbocycles. The van der Waals surface area contributed by atoms with E-state index >= 15 is 0 Å². The number of benzene rings is 1. The minimum atomic E-state index is 0.518. The van der Waals surface area contributed by atoms with Crippen LogP contribution < -0.4 is 0 Å². The van der Waals surface area contributed by atoms with E-state index < -0.39 is 0 Å². The minimum Gasteiger partial charge on any atom is -0.232 e. The number of halogens is 1. The molecule has 3 rings (SSSR count). The van der Waals surface area contributed by atoms with Crippen molar-refractivity contribution >= 4 is 11.6 Å². The highest BCUT2D eigenvalue weighted by Gasteiger charge is 2.27. The predicted molar refractivity (Wildman–Crippen MR) is 78.7 cm³/mol. The molecule has 1 aliphatic rings. The van der Waals surface area contributed by atoms with Crippen molar-refractivity contribution in [3.63, 3.8) is 0 Å². The van der Waals surface area contributed by atoms with E-state index in [1.807, 2.05) is 6.07 Å². The summed E-state index contributed by atoms with van der Waals surface area (Å²) >= 11 is 6.14. The van der Waals surface area contributed by atoms with Gasteiger partial charge in [0.1, 0.15) is 11.0 Å². The summed E-state index contributed by atoms with van der Waals surface area (Å²) in [6, 6.07) is 6.27. The first-order valence-electron chi connectivity index (χ1n) is 6.67. The van der Waals surface area contributed by atoms with Gasteiger partial charge in [-0.3, -0.25) is 0 Å². The van der Waals surface area contributed by atoms with Gasteiger partial charge in [0, 0.05) is 17.5 Å². The van der Waals surface area contributed by atoms with Crippen LogP contribution in [0, 0.1) is 20.8 Å². The standard InChI is InChI=1S/C16H17ClN2/c1-9-6-11(3)13(7-10(9)2)14-8-15(17)19-16(18-14)12-4-5-12/h6-8,12H,4-5H2,1-3H3. The van der Waals surface area contributed by atoms with Crippen molar-refractivity contribution in [3.8, 4) is 11.3 Å². The van der Waals surface area contributed by atoms with Crippen LogP contribution in [0.5, 0.6) is 0 Å². The summed E-state index contributed by atoms with van der Waals surface area (Å²) in [6.45, 7) is 6.38. The van der Waals surface area contributed by atoms with E-state index in [4.69, 9.17) is 16.6 Å². The summed E-state index contributed by atoms with van der Waals surface area (Å²) in [7, 11) is 0. The Labute approximate surface area is 118 Å². The van der Waals surface area contributed by atoms with Crippen LogP contribution in [0.25, 0.3) is 11.3 Å². The first kappa shape index (κ1) is 12.6. The molecule has 2 aromatic rings. The molecule has 1 aromatic carbocycles. The molecule has 0 saturated heterocycles. The lowest BCUT2D eigenvalue weighted by molar-refractivity contribution is 0.930. The van der Waals surface area contributed by atoms with Crippen LogP contribution in [0.4, 0.5) is 0 Å². The van der Waals surface area contributed by atoms with Gasteiger partial charge >= 0.3 is 0 Å². The number of hydrogen-bond donors (Lipinski definition) is 0. The minimum absolute atomic E-state index is 0.518. The Balaban J connectivity index is 2.13. The summed E-state index contributed by atoms with van der Waals surface area (Å²) in [4.78, 5) is 9.05. The summed E-state index contributed by atoms with van der Waals surface area (Å²) in [5, 5.41) is 0.546. The molecule has 0 atom stereocenters. The molecule has 1 aliphatic carbocycles. The second kappa shape index (κ2) is 4.61. The Bertz CT molecular complexity index is 645. The molecule has 1 aromatic heterocycles. The van der Waals surface area contributed by atoms with Crippen LogP contribution >= 0.6 is 11.6 Å². The fourth-order valence-electron chi connectivity index (χ4n) is 2.33. The van der Waals surface area contributed by atoms with E-state index in [9.17, 15) is 0 Å². The summed E-state index contributed by atoms with van der Waals surface area (Å²) < 4.78 is 0. The molecule has 0 amide bonds. The van der Waals surface area contributed by atoms with Crippen LogP contribution in [-0.2, 0) is 0 Å². The molecule has 98 valence electrons. The van der Waals surface area contributed by atoms with Gasteiger partial charge in [0.15, 0.2) is 0 Å². The maximum absolute atomic E-state index is 6.14. The van der Waals surface area contributed by atoms with Crippen LogP contribution in [-0.4, -0.2) is 9.97 Å². The van der Waals surface area contributed by atoms with E-state index in [-0.39, 0.29) is 0 Å². The smallest absolute Gasteiger partial charge is 0.133 e. The van der Waals surface area contributed by atoms with Crippen molar-refractivity contribution in [2.24, 2.45) is 0 Å². The predicted octanol–water partition coefficient (Wildman–Crippen LogP) is 4.60. The van der Waals surface area contributed by atoms with Crippen molar-refractivity contribution in [2.45, 2.75) is 39.5 Å². The molecule has 2 nitrogen and oxygen atoms in total. The Kier molecular flexibility index (Phi) is 3.06. The lowest BCUT2D eigenvalue weighted by Gasteiger charge is -2.10. The monoisotopic (exact) mass is 272 g/mol. The van der Waals surface area contributed by atoms with Gasteiger partial charge in [-0.15, -0.1) is 0 Å². The van der Waals surface area contributed by atoms with Crippen LogP contribution in [0.2, 0.25) is 5.15 Å². The highest BCUT2D eigenvalue weighted by molar-refractivity contribution is 6.29. The number of aryl methyl sites for hydroxylation is 3. The third-order valence-corrected chi connectivity index (χ3v) is 3.96. The zero-order valence-electron chi connectivity index (χ0n) is 11.5. The van der Waals surface area contributed by atoms with Gasteiger partial charge in [0.05, 0.1) is 5.69 Å². The SMILES string of the molecule is Cc1cc(C)c(-c2cc(Cl)nc(C3CC3)n2)cc1C. The van der Waals surface area contributed by atoms with E-state index in [2.05, 4.69) is 37.9 Å². The topological polar surface area (TPSA) is 25.8 Å². The Morgan fingerprint density at radius 1 is 0.947 bits per heavy atom. The van der Waals surface area contributed by atoms with Gasteiger partial charge < -0.3 is 0 Å². The molecule has 1 fully saturated rings. The fraction of sp³-hybridized carbons (Fsp3) is 0.375. The van der Waals surface area contributed by atoms with Crippen LogP contribution in [0.1, 0.15) is 41.3 Å². The average molecular weight is 273 g/mol. The van der Waals surface area contributed by atoms with E-state index in [0.717, 1.165) is 17.1 Å². The molecule has 0 spiro atoms. The quantitative estimate of drug-likeness (QED) is 0.747. The van der Waals surface area contributed by atoms with E-state index in [1.54, 1.807) is 0 Å². The second-order valence-electron chi connectivity index (χ2n) is 5.46. The van der Waals surface area contributed by atoms with Gasteiger partial charge in [-0.2, -0.15) is 0 Å². The lowest BCUT2D eigenvalue weighted by atomic mass is 9.98. The second-order valence-corrected chi connectivity index (χ2v) is 5.85. The first-order valence-corrected chi connectivity index (χ1v) is 7.05. The molecule has 1 heterocycles. The van der Waals surface area contributed by atoms with Crippen molar-refractivity contribution in [3.05, 3.63) is 45.9 Å². The third-order valence-electron chi connectivity index (χ3n) is 3.77. The van der Waals surface area contributed by atoms with Gasteiger partial charge in [-0.1, -0.05) is 17.7 Å². The van der Waals surface area contributed by atoms with Crippen molar-refractivity contribution in [2.75, 3.05) is 0 Å². The van der Waals surface area contributed by atoms with E-state index in [0.29, 0.717) is 11.1 Å². The Morgan fingerprint density at radius 3 is 2.32 bits per heavy atom. The largest absolute Gasteiger partial charge is 0.232 e. The average Bonchev–Trinajstić information content (AvgIpc) is 3.17. The zero-order valence-corrected chi connectivity index (χ0v) is 12.3. The van der Waals surface area contributed by atoms with Crippen molar-refractivity contribution in [1.82, 2.24) is 9.97 Å². The van der Waals surface area contributed by atoms with Gasteiger partial charge in [0.2, 0.25) is 0 Å². The molecule has 19 heavy (non-hydrogen) atoms. The molecule has 0 aliphatic heterocycles.